The Balaban J connectivity index is 2.03. The second kappa shape index (κ2) is 4.92. The van der Waals surface area contributed by atoms with Crippen LogP contribution in [-0.2, 0) is 6.42 Å². The van der Waals surface area contributed by atoms with Crippen LogP contribution in [-0.4, -0.2) is 21.0 Å². The molecular formula is C15H15N3O2. The van der Waals surface area contributed by atoms with Crippen LogP contribution < -0.4 is 5.73 Å². The second-order valence-corrected chi connectivity index (χ2v) is 4.98. The van der Waals surface area contributed by atoms with E-state index in [1.807, 2.05) is 12.1 Å². The summed E-state index contributed by atoms with van der Waals surface area (Å²) in [6, 6.07) is 8.25. The molecule has 20 heavy (non-hydrogen) atoms. The molecule has 0 saturated heterocycles. The average molecular weight is 269 g/mol. The number of aromatic carboxylic acids is 1. The summed E-state index contributed by atoms with van der Waals surface area (Å²) in [7, 11) is 0. The molecule has 1 aromatic heterocycles. The molecule has 3 N–H and O–H groups in total. The summed E-state index contributed by atoms with van der Waals surface area (Å²) >= 11 is 0. The Bertz CT molecular complexity index is 670. The molecule has 0 amide bonds. The van der Waals surface area contributed by atoms with E-state index in [0.717, 1.165) is 19.3 Å². The first-order valence-electron chi connectivity index (χ1n) is 6.60. The molecule has 0 fully saturated rings. The van der Waals surface area contributed by atoms with Crippen molar-refractivity contribution in [2.75, 3.05) is 5.73 Å². The number of nitrogen functional groups attached to an aromatic ring is 1. The Labute approximate surface area is 116 Å². The molecule has 0 saturated carbocycles. The molecular weight excluding hydrogens is 254 g/mol. The molecule has 102 valence electrons. The fourth-order valence-corrected chi connectivity index (χ4v) is 2.76. The van der Waals surface area contributed by atoms with Gasteiger partial charge in [-0.1, -0.05) is 24.3 Å². The Morgan fingerprint density at radius 2 is 2.15 bits per heavy atom. The monoisotopic (exact) mass is 269 g/mol. The lowest BCUT2D eigenvalue weighted by Gasteiger charge is -2.24. The number of aryl methyl sites for hydroxylation is 1. The van der Waals surface area contributed by atoms with Crippen molar-refractivity contribution in [3.8, 4) is 0 Å². The van der Waals surface area contributed by atoms with Gasteiger partial charge in [0, 0.05) is 12.1 Å². The number of fused-ring (bicyclic) bond motifs is 1. The molecule has 5 heteroatoms. The van der Waals surface area contributed by atoms with Crippen LogP contribution in [0.2, 0.25) is 0 Å². The van der Waals surface area contributed by atoms with Crippen molar-refractivity contribution in [1.29, 1.82) is 0 Å². The minimum Gasteiger partial charge on any atom is -0.477 e. The summed E-state index contributed by atoms with van der Waals surface area (Å²) in [5.74, 6) is -0.353. The molecule has 3 rings (SSSR count). The molecule has 0 radical (unpaired) electrons. The number of anilines is 1. The minimum absolute atomic E-state index is 0.0329. The van der Waals surface area contributed by atoms with E-state index < -0.39 is 5.97 Å². The van der Waals surface area contributed by atoms with Gasteiger partial charge in [0.15, 0.2) is 0 Å². The zero-order valence-electron chi connectivity index (χ0n) is 10.9. The minimum atomic E-state index is -1.10. The third-order valence-corrected chi connectivity index (χ3v) is 3.75. The molecule has 1 unspecified atom stereocenters. The van der Waals surface area contributed by atoms with Gasteiger partial charge < -0.3 is 10.8 Å². The van der Waals surface area contributed by atoms with Crippen LogP contribution in [0.15, 0.2) is 30.5 Å². The van der Waals surface area contributed by atoms with E-state index in [-0.39, 0.29) is 17.3 Å². The molecule has 0 aliphatic heterocycles. The number of rotatable bonds is 2. The number of carboxylic acids is 1. The average Bonchev–Trinajstić information content (AvgIpc) is 2.46. The maximum atomic E-state index is 10.9. The second-order valence-electron chi connectivity index (χ2n) is 4.98. The first-order valence-corrected chi connectivity index (χ1v) is 6.60. The highest BCUT2D eigenvalue weighted by atomic mass is 16.4. The van der Waals surface area contributed by atoms with E-state index in [1.54, 1.807) is 0 Å². The fraction of sp³-hybridized carbons (Fsp3) is 0.267. The SMILES string of the molecule is Nc1nc(C2CCCc3ccccc32)ncc1C(=O)O. The summed E-state index contributed by atoms with van der Waals surface area (Å²) in [6.07, 6.45) is 4.40. The zero-order chi connectivity index (χ0) is 14.1. The van der Waals surface area contributed by atoms with E-state index in [9.17, 15) is 4.79 Å². The van der Waals surface area contributed by atoms with Crippen molar-refractivity contribution in [2.24, 2.45) is 0 Å². The zero-order valence-corrected chi connectivity index (χ0v) is 10.9. The van der Waals surface area contributed by atoms with Crippen LogP contribution in [0, 0.1) is 0 Å². The Morgan fingerprint density at radius 3 is 2.90 bits per heavy atom. The molecule has 1 aromatic carbocycles. The number of benzene rings is 1. The highest BCUT2D eigenvalue weighted by Gasteiger charge is 2.24. The Kier molecular flexibility index (Phi) is 3.10. The standard InChI is InChI=1S/C15H15N3O2/c16-13-12(15(19)20)8-17-14(18-13)11-7-3-5-9-4-1-2-6-10(9)11/h1-2,4,6,8,11H,3,5,7H2,(H,19,20)(H2,16,17,18). The van der Waals surface area contributed by atoms with E-state index in [1.165, 1.54) is 17.3 Å². The van der Waals surface area contributed by atoms with Crippen LogP contribution in [0.4, 0.5) is 5.82 Å². The van der Waals surface area contributed by atoms with E-state index in [0.29, 0.717) is 5.82 Å². The van der Waals surface area contributed by atoms with Gasteiger partial charge in [0.05, 0.1) is 0 Å². The largest absolute Gasteiger partial charge is 0.477 e. The van der Waals surface area contributed by atoms with Crippen LogP contribution in [0.5, 0.6) is 0 Å². The third kappa shape index (κ3) is 2.11. The van der Waals surface area contributed by atoms with Crippen molar-refractivity contribution < 1.29 is 9.90 Å². The van der Waals surface area contributed by atoms with Crippen molar-refractivity contribution in [3.05, 3.63) is 53.0 Å². The predicted molar refractivity (Wildman–Crippen MR) is 74.6 cm³/mol. The van der Waals surface area contributed by atoms with Crippen molar-refractivity contribution in [2.45, 2.75) is 25.2 Å². The number of carbonyl (C=O) groups is 1. The van der Waals surface area contributed by atoms with Crippen LogP contribution in [0.1, 0.15) is 46.1 Å². The van der Waals surface area contributed by atoms with E-state index >= 15 is 0 Å². The van der Waals surface area contributed by atoms with Gasteiger partial charge in [-0.3, -0.25) is 0 Å². The summed E-state index contributed by atoms with van der Waals surface area (Å²) in [5, 5.41) is 8.96. The van der Waals surface area contributed by atoms with Crippen molar-refractivity contribution in [3.63, 3.8) is 0 Å². The van der Waals surface area contributed by atoms with Crippen molar-refractivity contribution >= 4 is 11.8 Å². The quantitative estimate of drug-likeness (QED) is 0.872. The van der Waals surface area contributed by atoms with Gasteiger partial charge in [-0.05, 0) is 30.4 Å². The van der Waals surface area contributed by atoms with Gasteiger partial charge in [0.25, 0.3) is 0 Å². The maximum Gasteiger partial charge on any atom is 0.341 e. The first kappa shape index (κ1) is 12.6. The van der Waals surface area contributed by atoms with Gasteiger partial charge in [-0.25, -0.2) is 14.8 Å². The molecule has 0 spiro atoms. The summed E-state index contributed by atoms with van der Waals surface area (Å²) in [4.78, 5) is 19.4. The number of hydrogen-bond donors (Lipinski definition) is 2. The first-order chi connectivity index (χ1) is 9.66. The smallest absolute Gasteiger partial charge is 0.341 e. The molecule has 5 nitrogen and oxygen atoms in total. The fourth-order valence-electron chi connectivity index (χ4n) is 2.76. The summed E-state index contributed by atoms with van der Waals surface area (Å²) < 4.78 is 0. The highest BCUT2D eigenvalue weighted by molar-refractivity contribution is 5.92. The van der Waals surface area contributed by atoms with Gasteiger partial charge >= 0.3 is 5.97 Å². The van der Waals surface area contributed by atoms with Gasteiger partial charge in [-0.2, -0.15) is 0 Å². The molecule has 1 aliphatic rings. The molecule has 1 aliphatic carbocycles. The van der Waals surface area contributed by atoms with Gasteiger partial charge in [0.2, 0.25) is 0 Å². The van der Waals surface area contributed by atoms with E-state index in [2.05, 4.69) is 22.1 Å². The number of aromatic nitrogens is 2. The normalized spacial score (nSPS) is 17.5. The number of hydrogen-bond acceptors (Lipinski definition) is 4. The lowest BCUT2D eigenvalue weighted by Crippen LogP contribution is -2.16. The van der Waals surface area contributed by atoms with Crippen LogP contribution in [0.25, 0.3) is 0 Å². The lowest BCUT2D eigenvalue weighted by molar-refractivity contribution is 0.0697. The molecule has 1 atom stereocenters. The molecule has 2 aromatic rings. The maximum absolute atomic E-state index is 10.9. The number of carboxylic acid groups (broad SMARTS) is 1. The highest BCUT2D eigenvalue weighted by Crippen LogP contribution is 2.35. The Morgan fingerprint density at radius 1 is 1.35 bits per heavy atom. The van der Waals surface area contributed by atoms with E-state index in [4.69, 9.17) is 10.8 Å². The lowest BCUT2D eigenvalue weighted by atomic mass is 9.82. The van der Waals surface area contributed by atoms with Crippen LogP contribution in [0.3, 0.4) is 0 Å². The third-order valence-electron chi connectivity index (χ3n) is 3.75. The predicted octanol–water partition coefficient (Wildman–Crippen LogP) is 2.23. The van der Waals surface area contributed by atoms with Crippen molar-refractivity contribution in [1.82, 2.24) is 9.97 Å². The molecule has 0 bridgehead atoms. The number of nitrogens with zero attached hydrogens (tertiary/aromatic N) is 2. The van der Waals surface area contributed by atoms with Gasteiger partial charge in [-0.15, -0.1) is 0 Å². The molecule has 1 heterocycles. The summed E-state index contributed by atoms with van der Waals surface area (Å²) in [5.41, 5.74) is 8.21. The Hall–Kier alpha value is -2.43. The number of nitrogens with two attached hydrogens (primary N) is 1. The summed E-state index contributed by atoms with van der Waals surface area (Å²) in [6.45, 7) is 0. The van der Waals surface area contributed by atoms with Gasteiger partial charge in [0.1, 0.15) is 17.2 Å². The van der Waals surface area contributed by atoms with Crippen LogP contribution >= 0.6 is 0 Å². The topological polar surface area (TPSA) is 89.1 Å².